The molecule has 2 heteroatoms. The zero-order valence-electron chi connectivity index (χ0n) is 9.23. The van der Waals surface area contributed by atoms with Crippen molar-refractivity contribution in [2.45, 2.75) is 6.54 Å². The molecule has 83 valence electrons. The third kappa shape index (κ3) is 1.82. The van der Waals surface area contributed by atoms with Gasteiger partial charge in [0.2, 0.25) is 0 Å². The smallest absolute Gasteiger partial charge is 0.133 e. The van der Waals surface area contributed by atoms with Gasteiger partial charge in [0, 0.05) is 24.2 Å². The van der Waals surface area contributed by atoms with Crippen LogP contribution in [0, 0.1) is 11.9 Å². The lowest BCUT2D eigenvalue weighted by Crippen LogP contribution is -1.97. The third-order valence-electron chi connectivity index (χ3n) is 2.86. The van der Waals surface area contributed by atoms with Gasteiger partial charge in [0.1, 0.15) is 5.82 Å². The topological polar surface area (TPSA) is 4.93 Å². The zero-order valence-corrected chi connectivity index (χ0v) is 9.23. The number of fused-ring (bicyclic) bond motifs is 1. The van der Waals surface area contributed by atoms with Crippen molar-refractivity contribution >= 4 is 10.9 Å². The monoisotopic (exact) mass is 224 g/mol. The van der Waals surface area contributed by atoms with E-state index >= 15 is 0 Å². The van der Waals surface area contributed by atoms with Crippen molar-refractivity contribution in [2.24, 2.45) is 0 Å². The molecule has 2 aromatic carbocycles. The van der Waals surface area contributed by atoms with Gasteiger partial charge in [-0.15, -0.1) is 0 Å². The van der Waals surface area contributed by atoms with Crippen LogP contribution >= 0.6 is 0 Å². The van der Waals surface area contributed by atoms with E-state index in [0.717, 1.165) is 12.1 Å². The zero-order chi connectivity index (χ0) is 11.7. The molecule has 0 unspecified atom stereocenters. The van der Waals surface area contributed by atoms with Gasteiger partial charge in [-0.2, -0.15) is 0 Å². The Morgan fingerprint density at radius 1 is 1.00 bits per heavy atom. The maximum absolute atomic E-state index is 13.5. The number of halogens is 1. The second-order valence-electron chi connectivity index (χ2n) is 4.02. The standard InChI is InChI=1S/C15H11FN/c16-14-7-4-8-15-13(14)9-10-17(15)11-12-5-2-1-3-6-12/h1-8,10H,11H2. The van der Waals surface area contributed by atoms with E-state index in [9.17, 15) is 4.39 Å². The van der Waals surface area contributed by atoms with Crippen LogP contribution < -0.4 is 0 Å². The average molecular weight is 224 g/mol. The van der Waals surface area contributed by atoms with Gasteiger partial charge in [-0.05, 0) is 17.7 Å². The van der Waals surface area contributed by atoms with Gasteiger partial charge in [-0.1, -0.05) is 36.4 Å². The van der Waals surface area contributed by atoms with E-state index in [1.54, 1.807) is 12.3 Å². The second-order valence-corrected chi connectivity index (χ2v) is 4.02. The number of hydrogen-bond donors (Lipinski definition) is 0. The summed E-state index contributed by atoms with van der Waals surface area (Å²) in [5.74, 6) is -0.214. The Kier molecular flexibility index (Phi) is 2.41. The Balaban J connectivity index is 2.05. The highest BCUT2D eigenvalue weighted by Crippen LogP contribution is 2.19. The van der Waals surface area contributed by atoms with E-state index in [0.29, 0.717) is 5.39 Å². The van der Waals surface area contributed by atoms with Crippen molar-refractivity contribution in [3.8, 4) is 0 Å². The van der Waals surface area contributed by atoms with Gasteiger partial charge >= 0.3 is 0 Å². The van der Waals surface area contributed by atoms with E-state index in [-0.39, 0.29) is 5.82 Å². The lowest BCUT2D eigenvalue weighted by Gasteiger charge is -2.05. The fraction of sp³-hybridized carbons (Fsp3) is 0.0667. The molecule has 0 atom stereocenters. The van der Waals surface area contributed by atoms with Gasteiger partial charge in [-0.25, -0.2) is 4.39 Å². The summed E-state index contributed by atoms with van der Waals surface area (Å²) in [6.45, 7) is 0.740. The summed E-state index contributed by atoms with van der Waals surface area (Å²) in [6.07, 6.45) is 1.81. The predicted molar refractivity (Wildman–Crippen MR) is 66.3 cm³/mol. The first-order valence-corrected chi connectivity index (χ1v) is 5.53. The molecule has 17 heavy (non-hydrogen) atoms. The van der Waals surface area contributed by atoms with Gasteiger partial charge in [-0.3, -0.25) is 0 Å². The van der Waals surface area contributed by atoms with Crippen molar-refractivity contribution in [1.29, 1.82) is 0 Å². The van der Waals surface area contributed by atoms with E-state index in [1.165, 1.54) is 11.6 Å². The Morgan fingerprint density at radius 2 is 1.82 bits per heavy atom. The highest BCUT2D eigenvalue weighted by molar-refractivity contribution is 5.80. The Labute approximate surface area is 99.1 Å². The molecule has 0 bridgehead atoms. The Bertz CT molecular complexity index is 640. The lowest BCUT2D eigenvalue weighted by molar-refractivity contribution is 0.639. The van der Waals surface area contributed by atoms with E-state index < -0.39 is 0 Å². The molecule has 1 nitrogen and oxygen atoms in total. The normalized spacial score (nSPS) is 10.9. The third-order valence-corrected chi connectivity index (χ3v) is 2.86. The maximum Gasteiger partial charge on any atom is 0.133 e. The molecular formula is C15H11FN. The summed E-state index contributed by atoms with van der Waals surface area (Å²) in [4.78, 5) is 0. The number of benzene rings is 2. The van der Waals surface area contributed by atoms with Gasteiger partial charge in [0.05, 0.1) is 5.52 Å². The van der Waals surface area contributed by atoms with Crippen molar-refractivity contribution < 1.29 is 4.39 Å². The first-order valence-electron chi connectivity index (χ1n) is 5.53. The van der Waals surface area contributed by atoms with Crippen LogP contribution in [0.15, 0.2) is 54.7 Å². The van der Waals surface area contributed by atoms with Crippen molar-refractivity contribution in [3.05, 3.63) is 72.2 Å². The fourth-order valence-corrected chi connectivity index (χ4v) is 2.02. The molecule has 1 heterocycles. The molecule has 1 aromatic heterocycles. The van der Waals surface area contributed by atoms with Crippen molar-refractivity contribution in [1.82, 2.24) is 4.57 Å². The molecule has 0 spiro atoms. The minimum absolute atomic E-state index is 0.214. The van der Waals surface area contributed by atoms with Crippen molar-refractivity contribution in [2.75, 3.05) is 0 Å². The van der Waals surface area contributed by atoms with Crippen LogP contribution in [0.5, 0.6) is 0 Å². The van der Waals surface area contributed by atoms with E-state index in [2.05, 4.69) is 18.2 Å². The van der Waals surface area contributed by atoms with Crippen LogP contribution in [0.1, 0.15) is 5.56 Å². The van der Waals surface area contributed by atoms with Gasteiger partial charge in [0.15, 0.2) is 0 Å². The molecule has 0 aliphatic rings. The minimum atomic E-state index is -0.214. The molecule has 3 rings (SSSR count). The molecule has 0 N–H and O–H groups in total. The van der Waals surface area contributed by atoms with Gasteiger partial charge in [0.25, 0.3) is 0 Å². The van der Waals surface area contributed by atoms with E-state index in [4.69, 9.17) is 0 Å². The van der Waals surface area contributed by atoms with Crippen LogP contribution in [-0.4, -0.2) is 4.57 Å². The summed E-state index contributed by atoms with van der Waals surface area (Å²) in [7, 11) is 0. The average Bonchev–Trinajstić information content (AvgIpc) is 2.76. The van der Waals surface area contributed by atoms with Crippen molar-refractivity contribution in [3.63, 3.8) is 0 Å². The molecule has 0 saturated carbocycles. The number of nitrogens with zero attached hydrogens (tertiary/aromatic N) is 1. The quantitative estimate of drug-likeness (QED) is 0.626. The fourth-order valence-electron chi connectivity index (χ4n) is 2.02. The van der Waals surface area contributed by atoms with E-state index in [1.807, 2.05) is 28.8 Å². The lowest BCUT2D eigenvalue weighted by atomic mass is 10.2. The molecular weight excluding hydrogens is 213 g/mol. The molecule has 0 saturated heterocycles. The Hall–Kier alpha value is -2.09. The summed E-state index contributed by atoms with van der Waals surface area (Å²) in [6, 6.07) is 18.2. The molecule has 3 aromatic rings. The molecule has 1 radical (unpaired) electrons. The van der Waals surface area contributed by atoms with Crippen LogP contribution in [0.2, 0.25) is 0 Å². The maximum atomic E-state index is 13.5. The number of rotatable bonds is 2. The first-order chi connectivity index (χ1) is 8.34. The second kappa shape index (κ2) is 4.06. The number of aromatic nitrogens is 1. The van der Waals surface area contributed by atoms with Crippen LogP contribution in [0.4, 0.5) is 4.39 Å². The SMILES string of the molecule is Fc1cccc2c1[c]cn2Cc1ccccc1. The Morgan fingerprint density at radius 3 is 2.65 bits per heavy atom. The summed E-state index contributed by atoms with van der Waals surface area (Å²) in [5.41, 5.74) is 2.08. The van der Waals surface area contributed by atoms with Crippen LogP contribution in [0.25, 0.3) is 10.9 Å². The first kappa shape index (κ1) is 10.1. The molecule has 0 amide bonds. The summed E-state index contributed by atoms with van der Waals surface area (Å²) >= 11 is 0. The predicted octanol–water partition coefficient (Wildman–Crippen LogP) is 3.63. The largest absolute Gasteiger partial charge is 0.342 e. The van der Waals surface area contributed by atoms with Crippen LogP contribution in [-0.2, 0) is 6.54 Å². The molecule has 0 aliphatic heterocycles. The summed E-state index contributed by atoms with van der Waals surface area (Å²) < 4.78 is 15.5. The molecule has 0 aliphatic carbocycles. The summed E-state index contributed by atoms with van der Waals surface area (Å²) in [5, 5.41) is 0.559. The van der Waals surface area contributed by atoms with Gasteiger partial charge < -0.3 is 4.57 Å². The number of hydrogen-bond acceptors (Lipinski definition) is 0. The highest BCUT2D eigenvalue weighted by atomic mass is 19.1. The van der Waals surface area contributed by atoms with Crippen LogP contribution in [0.3, 0.4) is 0 Å². The molecule has 0 fully saturated rings. The minimum Gasteiger partial charge on any atom is -0.342 e. The highest BCUT2D eigenvalue weighted by Gasteiger charge is 2.05.